The fraction of sp³-hybridized carbons (Fsp3) is 0.0714. The van der Waals surface area contributed by atoms with Gasteiger partial charge >= 0.3 is 5.69 Å². The van der Waals surface area contributed by atoms with Crippen molar-refractivity contribution >= 4 is 23.0 Å². The van der Waals surface area contributed by atoms with Gasteiger partial charge in [0.1, 0.15) is 0 Å². The van der Waals surface area contributed by atoms with E-state index in [2.05, 4.69) is 5.10 Å². The number of benzene rings is 2. The van der Waals surface area contributed by atoms with E-state index < -0.39 is 4.92 Å². The van der Waals surface area contributed by atoms with E-state index in [1.807, 2.05) is 0 Å². The van der Waals surface area contributed by atoms with Gasteiger partial charge in [0.2, 0.25) is 0 Å². The Kier molecular flexibility index (Phi) is 4.39. The second-order valence-corrected chi connectivity index (χ2v) is 4.57. The van der Waals surface area contributed by atoms with Crippen LogP contribution in [0, 0.1) is 10.1 Å². The molecule has 0 heterocycles. The number of nitrogens with zero attached hydrogens (tertiary/aromatic N) is 2. The molecule has 0 bridgehead atoms. The van der Waals surface area contributed by atoms with Crippen LogP contribution in [-0.4, -0.2) is 17.7 Å². The third-order valence-electron chi connectivity index (χ3n) is 2.88. The molecule has 0 radical (unpaired) electrons. The van der Waals surface area contributed by atoms with Crippen LogP contribution < -0.4 is 10.6 Å². The van der Waals surface area contributed by atoms with Crippen LogP contribution in [0.3, 0.4) is 0 Å². The Morgan fingerprint density at radius 2 is 2.00 bits per heavy atom. The maximum Gasteiger partial charge on any atom is 0.311 e. The summed E-state index contributed by atoms with van der Waals surface area (Å²) in [5.41, 5.74) is 1.43. The molecule has 0 fully saturated rings. The summed E-state index contributed by atoms with van der Waals surface area (Å²) in [7, 11) is 1.37. The van der Waals surface area contributed by atoms with Crippen LogP contribution in [-0.2, 0) is 0 Å². The van der Waals surface area contributed by atoms with Crippen LogP contribution in [0.1, 0.15) is 11.1 Å². The highest BCUT2D eigenvalue weighted by Gasteiger charge is 2.18. The summed E-state index contributed by atoms with van der Waals surface area (Å²) < 4.78 is 4.97. The Labute approximate surface area is 125 Å². The Morgan fingerprint density at radius 1 is 1.29 bits per heavy atom. The molecule has 0 saturated heterocycles. The molecule has 2 aromatic rings. The molecule has 6 nitrogen and oxygen atoms in total. The van der Waals surface area contributed by atoms with Crippen molar-refractivity contribution in [1.29, 1.82) is 0 Å². The predicted molar refractivity (Wildman–Crippen MR) is 80.9 cm³/mol. The molecule has 2 aromatic carbocycles. The quantitative estimate of drug-likeness (QED) is 0.407. The van der Waals surface area contributed by atoms with Gasteiger partial charge in [-0.2, -0.15) is 5.10 Å². The van der Waals surface area contributed by atoms with E-state index >= 15 is 0 Å². The largest absolute Gasteiger partial charge is 0.490 e. The monoisotopic (exact) mass is 305 g/mol. The number of halogens is 1. The molecule has 0 aliphatic carbocycles. The molecule has 0 atom stereocenters. The molecule has 21 heavy (non-hydrogen) atoms. The summed E-state index contributed by atoms with van der Waals surface area (Å²) in [6.07, 6.45) is 0. The zero-order chi connectivity index (χ0) is 15.4. The van der Waals surface area contributed by atoms with Gasteiger partial charge in [-0.05, 0) is 24.3 Å². The van der Waals surface area contributed by atoms with Crippen LogP contribution in [0.15, 0.2) is 47.6 Å². The van der Waals surface area contributed by atoms with Crippen LogP contribution in [0.5, 0.6) is 5.75 Å². The summed E-state index contributed by atoms with van der Waals surface area (Å²) in [5, 5.41) is 15.3. The van der Waals surface area contributed by atoms with Crippen LogP contribution >= 0.6 is 11.6 Å². The molecule has 2 rings (SSSR count). The number of methoxy groups -OCH3 is 1. The number of hydrogen-bond donors (Lipinski definition) is 1. The van der Waals surface area contributed by atoms with E-state index in [0.29, 0.717) is 21.9 Å². The SMILES string of the molecule is COc1ccc(C(=NN)c2cccc(Cl)c2)cc1[N+](=O)[O-]. The van der Waals surface area contributed by atoms with Crippen molar-refractivity contribution in [2.75, 3.05) is 7.11 Å². The topological polar surface area (TPSA) is 90.8 Å². The van der Waals surface area contributed by atoms with Crippen molar-refractivity contribution in [3.8, 4) is 5.75 Å². The van der Waals surface area contributed by atoms with Crippen molar-refractivity contribution in [3.05, 3.63) is 68.7 Å². The number of nitro benzene ring substituents is 1. The second-order valence-electron chi connectivity index (χ2n) is 4.13. The standard InChI is InChI=1S/C14H12ClN3O3/c1-21-13-6-5-10(8-12(13)18(19)20)14(17-16)9-3-2-4-11(15)7-9/h2-8H,16H2,1H3. The van der Waals surface area contributed by atoms with Crippen LogP contribution in [0.25, 0.3) is 0 Å². The Hall–Kier alpha value is -2.60. The van der Waals surface area contributed by atoms with Gasteiger partial charge < -0.3 is 10.6 Å². The number of hydrogen-bond acceptors (Lipinski definition) is 5. The molecule has 0 aliphatic heterocycles. The van der Waals surface area contributed by atoms with Gasteiger partial charge in [-0.1, -0.05) is 23.7 Å². The number of hydrazone groups is 1. The third-order valence-corrected chi connectivity index (χ3v) is 3.11. The van der Waals surface area contributed by atoms with Crippen molar-refractivity contribution in [3.63, 3.8) is 0 Å². The summed E-state index contributed by atoms with van der Waals surface area (Å²) in [6.45, 7) is 0. The minimum Gasteiger partial charge on any atom is -0.490 e. The first-order valence-electron chi connectivity index (χ1n) is 5.93. The average Bonchev–Trinajstić information content (AvgIpc) is 2.48. The first-order chi connectivity index (χ1) is 10.1. The lowest BCUT2D eigenvalue weighted by Gasteiger charge is -2.08. The molecule has 0 spiro atoms. The Bertz CT molecular complexity index is 716. The van der Waals surface area contributed by atoms with E-state index in [9.17, 15) is 10.1 Å². The van der Waals surface area contributed by atoms with Gasteiger partial charge in [-0.15, -0.1) is 0 Å². The van der Waals surface area contributed by atoms with E-state index in [4.69, 9.17) is 22.2 Å². The van der Waals surface area contributed by atoms with Gasteiger partial charge in [0.25, 0.3) is 0 Å². The predicted octanol–water partition coefficient (Wildman–Crippen LogP) is 2.97. The molecule has 2 N–H and O–H groups in total. The van der Waals surface area contributed by atoms with Crippen molar-refractivity contribution < 1.29 is 9.66 Å². The van der Waals surface area contributed by atoms with Crippen LogP contribution in [0.2, 0.25) is 5.02 Å². The average molecular weight is 306 g/mol. The zero-order valence-corrected chi connectivity index (χ0v) is 11.9. The minimum absolute atomic E-state index is 0.154. The highest BCUT2D eigenvalue weighted by molar-refractivity contribution is 6.31. The number of ether oxygens (including phenoxy) is 1. The third kappa shape index (κ3) is 3.11. The summed E-state index contributed by atoms with van der Waals surface area (Å²) in [5.74, 6) is 5.60. The lowest BCUT2D eigenvalue weighted by molar-refractivity contribution is -0.385. The van der Waals surface area contributed by atoms with Crippen LogP contribution in [0.4, 0.5) is 5.69 Å². The molecule has 0 saturated carbocycles. The molecular formula is C14H12ClN3O3. The van der Waals surface area contributed by atoms with Gasteiger partial charge in [0.15, 0.2) is 5.75 Å². The van der Waals surface area contributed by atoms with Gasteiger partial charge in [0.05, 0.1) is 17.7 Å². The number of nitro groups is 1. The van der Waals surface area contributed by atoms with Gasteiger partial charge in [0, 0.05) is 22.2 Å². The minimum atomic E-state index is -0.519. The first kappa shape index (κ1) is 14.8. The fourth-order valence-electron chi connectivity index (χ4n) is 1.93. The summed E-state index contributed by atoms with van der Waals surface area (Å²) in [6, 6.07) is 11.4. The smallest absolute Gasteiger partial charge is 0.311 e. The van der Waals surface area contributed by atoms with Crippen molar-refractivity contribution in [1.82, 2.24) is 0 Å². The van der Waals surface area contributed by atoms with Crippen molar-refractivity contribution in [2.45, 2.75) is 0 Å². The highest BCUT2D eigenvalue weighted by Crippen LogP contribution is 2.28. The molecule has 108 valence electrons. The maximum absolute atomic E-state index is 11.1. The molecule has 0 unspecified atom stereocenters. The molecular weight excluding hydrogens is 294 g/mol. The normalized spacial score (nSPS) is 11.2. The Balaban J connectivity index is 2.54. The molecule has 7 heteroatoms. The summed E-state index contributed by atoms with van der Waals surface area (Å²) >= 11 is 5.94. The maximum atomic E-state index is 11.1. The van der Waals surface area contributed by atoms with Gasteiger partial charge in [-0.25, -0.2) is 0 Å². The second kappa shape index (κ2) is 6.23. The molecule has 0 aliphatic rings. The van der Waals surface area contributed by atoms with E-state index in [1.54, 1.807) is 30.3 Å². The Morgan fingerprint density at radius 3 is 2.57 bits per heavy atom. The molecule has 0 amide bonds. The highest BCUT2D eigenvalue weighted by atomic mass is 35.5. The lowest BCUT2D eigenvalue weighted by Crippen LogP contribution is -2.07. The lowest BCUT2D eigenvalue weighted by atomic mass is 10.0. The fourth-order valence-corrected chi connectivity index (χ4v) is 2.12. The van der Waals surface area contributed by atoms with E-state index in [0.717, 1.165) is 0 Å². The van der Waals surface area contributed by atoms with Crippen molar-refractivity contribution in [2.24, 2.45) is 10.9 Å². The zero-order valence-electron chi connectivity index (χ0n) is 11.1. The van der Waals surface area contributed by atoms with Gasteiger partial charge in [-0.3, -0.25) is 10.1 Å². The number of rotatable bonds is 4. The summed E-state index contributed by atoms with van der Waals surface area (Å²) in [4.78, 5) is 10.5. The van der Waals surface area contributed by atoms with E-state index in [-0.39, 0.29) is 11.4 Å². The first-order valence-corrected chi connectivity index (χ1v) is 6.31. The van der Waals surface area contributed by atoms with E-state index in [1.165, 1.54) is 19.2 Å². The number of nitrogens with two attached hydrogens (primary N) is 1. The molecule has 0 aromatic heterocycles.